The molecule has 1 atom stereocenters. The highest BCUT2D eigenvalue weighted by Crippen LogP contribution is 2.33. The zero-order chi connectivity index (χ0) is 22.9. The molecule has 170 valence electrons. The van der Waals surface area contributed by atoms with E-state index in [0.29, 0.717) is 22.9 Å². The molecule has 0 spiro atoms. The molecule has 7 nitrogen and oxygen atoms in total. The minimum atomic E-state index is -3.83. The van der Waals surface area contributed by atoms with Crippen molar-refractivity contribution in [3.8, 4) is 5.75 Å². The van der Waals surface area contributed by atoms with E-state index >= 15 is 0 Å². The zero-order valence-corrected chi connectivity index (χ0v) is 20.0. The van der Waals surface area contributed by atoms with Crippen LogP contribution in [0, 0.1) is 0 Å². The van der Waals surface area contributed by atoms with Crippen LogP contribution in [-0.4, -0.2) is 47.7 Å². The molecule has 2 heterocycles. The van der Waals surface area contributed by atoms with Gasteiger partial charge >= 0.3 is 0 Å². The topological polar surface area (TPSA) is 84.9 Å². The summed E-state index contributed by atoms with van der Waals surface area (Å²) in [5.41, 5.74) is 0.480. The summed E-state index contributed by atoms with van der Waals surface area (Å²) in [5, 5.41) is 3.93. The molecule has 0 aliphatic carbocycles. The lowest BCUT2D eigenvalue weighted by molar-refractivity contribution is 0.0861. The van der Waals surface area contributed by atoms with E-state index in [9.17, 15) is 13.2 Å². The van der Waals surface area contributed by atoms with Crippen LogP contribution in [0.15, 0.2) is 47.4 Å². The molecule has 1 aromatic heterocycles. The number of sulfonamides is 1. The van der Waals surface area contributed by atoms with Gasteiger partial charge in [0.2, 0.25) is 0 Å². The van der Waals surface area contributed by atoms with Crippen molar-refractivity contribution >= 4 is 54.6 Å². The average molecular weight is 495 g/mol. The lowest BCUT2D eigenvalue weighted by Crippen LogP contribution is -2.31. The Morgan fingerprint density at radius 2 is 2.09 bits per heavy atom. The van der Waals surface area contributed by atoms with E-state index in [1.807, 2.05) is 6.07 Å². The number of ether oxygens (including phenoxy) is 2. The van der Waals surface area contributed by atoms with Crippen LogP contribution in [0.1, 0.15) is 22.5 Å². The van der Waals surface area contributed by atoms with Crippen LogP contribution in [-0.2, 0) is 14.8 Å². The second-order valence-electron chi connectivity index (χ2n) is 7.45. The van der Waals surface area contributed by atoms with Gasteiger partial charge in [-0.15, -0.1) is 11.3 Å². The van der Waals surface area contributed by atoms with Crippen molar-refractivity contribution < 1.29 is 22.7 Å². The Hall–Kier alpha value is -2.33. The predicted molar refractivity (Wildman–Crippen MR) is 127 cm³/mol. The van der Waals surface area contributed by atoms with Gasteiger partial charge in [0.15, 0.2) is 0 Å². The standard InChI is InChI=1S/C22H23ClN2O5S2/c1-25(32(27,28)17-6-7-19(29-2)18(23)12-17)15-5-8-20-14(10-15)11-21(31-20)22(26)24-13-16-4-3-9-30-16/h5-8,10-12,16H,3-4,9,13H2,1-2H3,(H,24,26)/t16-/m0/s1. The summed E-state index contributed by atoms with van der Waals surface area (Å²) >= 11 is 7.48. The van der Waals surface area contributed by atoms with E-state index in [2.05, 4.69) is 5.32 Å². The third-order valence-electron chi connectivity index (χ3n) is 5.38. The van der Waals surface area contributed by atoms with Gasteiger partial charge in [-0.05, 0) is 60.7 Å². The monoisotopic (exact) mass is 494 g/mol. The third kappa shape index (κ3) is 4.56. The van der Waals surface area contributed by atoms with Gasteiger partial charge in [-0.3, -0.25) is 9.10 Å². The number of nitrogens with zero attached hydrogens (tertiary/aromatic N) is 1. The molecule has 32 heavy (non-hydrogen) atoms. The number of hydrogen-bond acceptors (Lipinski definition) is 6. The van der Waals surface area contributed by atoms with Crippen LogP contribution in [0.3, 0.4) is 0 Å². The summed E-state index contributed by atoms with van der Waals surface area (Å²) in [6.45, 7) is 1.23. The van der Waals surface area contributed by atoms with Gasteiger partial charge in [0.1, 0.15) is 5.75 Å². The normalized spacial score (nSPS) is 16.3. The first kappa shape index (κ1) is 22.8. The smallest absolute Gasteiger partial charge is 0.264 e. The molecular weight excluding hydrogens is 472 g/mol. The quantitative estimate of drug-likeness (QED) is 0.529. The van der Waals surface area contributed by atoms with Gasteiger partial charge in [-0.2, -0.15) is 0 Å². The van der Waals surface area contributed by atoms with Gasteiger partial charge in [-0.25, -0.2) is 8.42 Å². The number of hydrogen-bond donors (Lipinski definition) is 1. The first-order valence-electron chi connectivity index (χ1n) is 10.1. The van der Waals surface area contributed by atoms with E-state index in [4.69, 9.17) is 21.1 Å². The number of halogens is 1. The maximum absolute atomic E-state index is 13.1. The van der Waals surface area contributed by atoms with Crippen LogP contribution in [0.5, 0.6) is 5.75 Å². The summed E-state index contributed by atoms with van der Waals surface area (Å²) in [6, 6.07) is 11.4. The molecule has 0 unspecified atom stereocenters. The fraction of sp³-hybridized carbons (Fsp3) is 0.318. The molecule has 4 rings (SSSR count). The van der Waals surface area contributed by atoms with Gasteiger partial charge < -0.3 is 14.8 Å². The van der Waals surface area contributed by atoms with E-state index < -0.39 is 10.0 Å². The second kappa shape index (κ2) is 9.27. The van der Waals surface area contributed by atoms with Crippen molar-refractivity contribution in [1.82, 2.24) is 5.32 Å². The Balaban J connectivity index is 1.55. The minimum Gasteiger partial charge on any atom is -0.495 e. The molecule has 1 fully saturated rings. The number of rotatable bonds is 7. The molecule has 10 heteroatoms. The Morgan fingerprint density at radius 3 is 2.78 bits per heavy atom. The fourth-order valence-electron chi connectivity index (χ4n) is 3.54. The molecule has 3 aromatic rings. The molecule has 0 saturated carbocycles. The number of benzene rings is 2. The number of thiophene rings is 1. The number of nitrogens with one attached hydrogen (secondary N) is 1. The maximum Gasteiger partial charge on any atom is 0.264 e. The second-order valence-corrected chi connectivity index (χ2v) is 10.9. The van der Waals surface area contributed by atoms with Gasteiger partial charge in [0, 0.05) is 24.9 Å². The highest BCUT2D eigenvalue weighted by molar-refractivity contribution is 7.92. The molecule has 0 radical (unpaired) electrons. The SMILES string of the molecule is COc1ccc(S(=O)(=O)N(C)c2ccc3sc(C(=O)NC[C@@H]4CCCO4)cc3c2)cc1Cl. The summed E-state index contributed by atoms with van der Waals surface area (Å²) in [4.78, 5) is 13.2. The Kier molecular flexibility index (Phi) is 6.62. The van der Waals surface area contributed by atoms with Crippen LogP contribution in [0.4, 0.5) is 5.69 Å². The fourth-order valence-corrected chi connectivity index (χ4v) is 6.04. The summed E-state index contributed by atoms with van der Waals surface area (Å²) in [5.74, 6) is 0.246. The molecule has 2 aromatic carbocycles. The Morgan fingerprint density at radius 1 is 1.28 bits per heavy atom. The summed E-state index contributed by atoms with van der Waals surface area (Å²) in [7, 11) is -0.883. The van der Waals surface area contributed by atoms with Crippen LogP contribution in [0.2, 0.25) is 5.02 Å². The summed E-state index contributed by atoms with van der Waals surface area (Å²) in [6.07, 6.45) is 2.05. The molecule has 1 saturated heterocycles. The lowest BCUT2D eigenvalue weighted by Gasteiger charge is -2.20. The van der Waals surface area contributed by atoms with E-state index in [-0.39, 0.29) is 21.9 Å². The predicted octanol–water partition coefficient (Wildman–Crippen LogP) is 4.30. The molecule has 0 bridgehead atoms. The molecular formula is C22H23ClN2O5S2. The number of methoxy groups -OCH3 is 1. The van der Waals surface area contributed by atoms with Crippen molar-refractivity contribution in [3.63, 3.8) is 0 Å². The largest absolute Gasteiger partial charge is 0.495 e. The van der Waals surface area contributed by atoms with Crippen LogP contribution < -0.4 is 14.4 Å². The van der Waals surface area contributed by atoms with Crippen molar-refractivity contribution in [3.05, 3.63) is 52.4 Å². The number of anilines is 1. The summed E-state index contributed by atoms with van der Waals surface area (Å²) < 4.78 is 38.9. The van der Waals surface area contributed by atoms with E-state index in [1.54, 1.807) is 18.2 Å². The Bertz CT molecular complexity index is 1250. The van der Waals surface area contributed by atoms with Crippen molar-refractivity contribution in [2.45, 2.75) is 23.8 Å². The Labute approximate surface area is 195 Å². The number of fused-ring (bicyclic) bond motifs is 1. The van der Waals surface area contributed by atoms with E-state index in [0.717, 1.165) is 29.5 Å². The van der Waals surface area contributed by atoms with Crippen molar-refractivity contribution in [2.24, 2.45) is 0 Å². The van der Waals surface area contributed by atoms with Gasteiger partial charge in [0.05, 0.1) is 33.7 Å². The minimum absolute atomic E-state index is 0.0606. The first-order chi connectivity index (χ1) is 15.3. The average Bonchev–Trinajstić information content (AvgIpc) is 3.46. The maximum atomic E-state index is 13.1. The molecule has 1 amide bonds. The van der Waals surface area contributed by atoms with Crippen LogP contribution in [0.25, 0.3) is 10.1 Å². The number of carbonyl (C=O) groups excluding carboxylic acids is 1. The third-order valence-corrected chi connectivity index (χ3v) is 8.57. The van der Waals surface area contributed by atoms with Gasteiger partial charge in [-0.1, -0.05) is 11.6 Å². The van der Waals surface area contributed by atoms with Crippen LogP contribution >= 0.6 is 22.9 Å². The number of carbonyl (C=O) groups is 1. The van der Waals surface area contributed by atoms with Gasteiger partial charge in [0.25, 0.3) is 15.9 Å². The molecule has 1 N–H and O–H groups in total. The first-order valence-corrected chi connectivity index (χ1v) is 12.7. The highest BCUT2D eigenvalue weighted by Gasteiger charge is 2.23. The lowest BCUT2D eigenvalue weighted by atomic mass is 10.2. The van der Waals surface area contributed by atoms with E-state index in [1.165, 1.54) is 48.0 Å². The number of amides is 1. The molecule has 1 aliphatic rings. The zero-order valence-electron chi connectivity index (χ0n) is 17.6. The highest BCUT2D eigenvalue weighted by atomic mass is 35.5. The van der Waals surface area contributed by atoms with Crippen molar-refractivity contribution in [2.75, 3.05) is 31.6 Å². The van der Waals surface area contributed by atoms with Crippen molar-refractivity contribution in [1.29, 1.82) is 0 Å². The molecule has 1 aliphatic heterocycles.